The standard InChI is InChI=1S/C11H23N3O2/c1-5-13-9(2)8-11(16)14(4)7-6-10(15)12-3/h9,13H,5-8H2,1-4H3,(H,12,15). The minimum atomic E-state index is -0.0422. The predicted octanol–water partition coefficient (Wildman–Crippen LogP) is -0.0310. The van der Waals surface area contributed by atoms with Crippen LogP contribution in [0.15, 0.2) is 0 Å². The fraction of sp³-hybridized carbons (Fsp3) is 0.818. The number of nitrogens with one attached hydrogen (secondary N) is 2. The third kappa shape index (κ3) is 6.40. The van der Waals surface area contributed by atoms with Gasteiger partial charge in [0.25, 0.3) is 0 Å². The van der Waals surface area contributed by atoms with Crippen LogP contribution in [0, 0.1) is 0 Å². The van der Waals surface area contributed by atoms with Crippen molar-refractivity contribution in [3.63, 3.8) is 0 Å². The summed E-state index contributed by atoms with van der Waals surface area (Å²) in [6, 6.07) is 0.181. The molecule has 2 N–H and O–H groups in total. The van der Waals surface area contributed by atoms with Crippen molar-refractivity contribution in [1.82, 2.24) is 15.5 Å². The molecule has 2 amide bonds. The van der Waals surface area contributed by atoms with Crippen LogP contribution in [0.2, 0.25) is 0 Å². The third-order valence-electron chi connectivity index (χ3n) is 2.41. The zero-order chi connectivity index (χ0) is 12.6. The lowest BCUT2D eigenvalue weighted by Gasteiger charge is -2.19. The smallest absolute Gasteiger partial charge is 0.223 e. The van der Waals surface area contributed by atoms with E-state index in [0.29, 0.717) is 19.4 Å². The first-order valence-electron chi connectivity index (χ1n) is 5.69. The van der Waals surface area contributed by atoms with Gasteiger partial charge in [-0.05, 0) is 13.5 Å². The Balaban J connectivity index is 3.85. The van der Waals surface area contributed by atoms with Crippen molar-refractivity contribution < 1.29 is 9.59 Å². The van der Waals surface area contributed by atoms with E-state index in [-0.39, 0.29) is 17.9 Å². The Morgan fingerprint density at radius 1 is 1.38 bits per heavy atom. The molecule has 94 valence electrons. The van der Waals surface area contributed by atoms with Crippen LogP contribution in [0.25, 0.3) is 0 Å². The highest BCUT2D eigenvalue weighted by Crippen LogP contribution is 1.97. The van der Waals surface area contributed by atoms with Crippen molar-refractivity contribution in [2.24, 2.45) is 0 Å². The molecular weight excluding hydrogens is 206 g/mol. The van der Waals surface area contributed by atoms with Crippen molar-refractivity contribution in [2.75, 3.05) is 27.2 Å². The number of nitrogens with zero attached hydrogens (tertiary/aromatic N) is 1. The topological polar surface area (TPSA) is 61.4 Å². The molecule has 0 aromatic heterocycles. The second-order valence-corrected chi connectivity index (χ2v) is 3.90. The largest absolute Gasteiger partial charge is 0.359 e. The van der Waals surface area contributed by atoms with Crippen LogP contribution < -0.4 is 10.6 Å². The molecule has 0 aromatic rings. The molecule has 1 atom stereocenters. The minimum absolute atomic E-state index is 0.0422. The lowest BCUT2D eigenvalue weighted by molar-refractivity contribution is -0.131. The lowest BCUT2D eigenvalue weighted by Crippen LogP contribution is -2.36. The van der Waals surface area contributed by atoms with Crippen LogP contribution in [-0.2, 0) is 9.59 Å². The molecule has 5 heteroatoms. The molecule has 1 unspecified atom stereocenters. The van der Waals surface area contributed by atoms with E-state index < -0.39 is 0 Å². The first-order chi connectivity index (χ1) is 7.51. The Hall–Kier alpha value is -1.10. The Morgan fingerprint density at radius 2 is 2.00 bits per heavy atom. The van der Waals surface area contributed by atoms with Gasteiger partial charge in [-0.25, -0.2) is 0 Å². The van der Waals surface area contributed by atoms with E-state index in [2.05, 4.69) is 10.6 Å². The summed E-state index contributed by atoms with van der Waals surface area (Å²) in [5, 5.41) is 5.71. The number of amides is 2. The quantitative estimate of drug-likeness (QED) is 0.644. The number of hydrogen-bond acceptors (Lipinski definition) is 3. The van der Waals surface area contributed by atoms with E-state index in [4.69, 9.17) is 0 Å². The Kier molecular flexibility index (Phi) is 7.54. The van der Waals surface area contributed by atoms with Gasteiger partial charge < -0.3 is 15.5 Å². The number of carbonyl (C=O) groups is 2. The van der Waals surface area contributed by atoms with Crippen LogP contribution in [0.5, 0.6) is 0 Å². The Morgan fingerprint density at radius 3 is 2.50 bits per heavy atom. The molecule has 0 spiro atoms. The van der Waals surface area contributed by atoms with Crippen LogP contribution in [-0.4, -0.2) is 49.9 Å². The maximum Gasteiger partial charge on any atom is 0.223 e. The first-order valence-corrected chi connectivity index (χ1v) is 5.69. The van der Waals surface area contributed by atoms with Gasteiger partial charge in [-0.3, -0.25) is 9.59 Å². The molecule has 0 bridgehead atoms. The molecule has 16 heavy (non-hydrogen) atoms. The van der Waals surface area contributed by atoms with Crippen molar-refractivity contribution in [1.29, 1.82) is 0 Å². The van der Waals surface area contributed by atoms with E-state index in [0.717, 1.165) is 6.54 Å². The second-order valence-electron chi connectivity index (χ2n) is 3.90. The number of carbonyl (C=O) groups excluding carboxylic acids is 2. The van der Waals surface area contributed by atoms with Crippen molar-refractivity contribution in [2.45, 2.75) is 32.7 Å². The van der Waals surface area contributed by atoms with Crippen LogP contribution in [0.4, 0.5) is 0 Å². The van der Waals surface area contributed by atoms with E-state index >= 15 is 0 Å². The highest BCUT2D eigenvalue weighted by molar-refractivity contribution is 5.79. The van der Waals surface area contributed by atoms with Gasteiger partial charge in [-0.2, -0.15) is 0 Å². The van der Waals surface area contributed by atoms with Gasteiger partial charge in [0.2, 0.25) is 11.8 Å². The summed E-state index contributed by atoms with van der Waals surface area (Å²) >= 11 is 0. The molecule has 0 rings (SSSR count). The van der Waals surface area contributed by atoms with Crippen molar-refractivity contribution in [3.8, 4) is 0 Å². The van der Waals surface area contributed by atoms with Crippen LogP contribution >= 0.6 is 0 Å². The Bertz CT molecular complexity index is 231. The summed E-state index contributed by atoms with van der Waals surface area (Å²) in [7, 11) is 3.32. The van der Waals surface area contributed by atoms with Gasteiger partial charge in [-0.15, -0.1) is 0 Å². The molecular formula is C11H23N3O2. The monoisotopic (exact) mass is 229 g/mol. The molecule has 0 heterocycles. The van der Waals surface area contributed by atoms with E-state index in [9.17, 15) is 9.59 Å². The van der Waals surface area contributed by atoms with Gasteiger partial charge in [-0.1, -0.05) is 6.92 Å². The Labute approximate surface area is 97.6 Å². The average Bonchev–Trinajstić information content (AvgIpc) is 2.25. The van der Waals surface area contributed by atoms with Gasteiger partial charge in [0.05, 0.1) is 0 Å². The van der Waals surface area contributed by atoms with E-state index in [1.54, 1.807) is 19.0 Å². The van der Waals surface area contributed by atoms with E-state index in [1.807, 2.05) is 13.8 Å². The zero-order valence-corrected chi connectivity index (χ0v) is 10.7. The summed E-state index contributed by atoms with van der Waals surface area (Å²) in [5.41, 5.74) is 0. The normalized spacial score (nSPS) is 12.0. The second kappa shape index (κ2) is 8.10. The SMILES string of the molecule is CCNC(C)CC(=O)N(C)CCC(=O)NC. The maximum absolute atomic E-state index is 11.7. The van der Waals surface area contributed by atoms with Crippen LogP contribution in [0.3, 0.4) is 0 Å². The molecule has 0 aliphatic carbocycles. The summed E-state index contributed by atoms with van der Waals surface area (Å²) in [4.78, 5) is 24.3. The highest BCUT2D eigenvalue weighted by Gasteiger charge is 2.13. The van der Waals surface area contributed by atoms with Crippen molar-refractivity contribution >= 4 is 11.8 Å². The predicted molar refractivity (Wildman–Crippen MR) is 64.1 cm³/mol. The molecule has 5 nitrogen and oxygen atoms in total. The molecule has 0 saturated heterocycles. The molecule has 0 saturated carbocycles. The summed E-state index contributed by atoms with van der Waals surface area (Å²) in [6.07, 6.45) is 0.826. The zero-order valence-electron chi connectivity index (χ0n) is 10.7. The molecule has 0 aliphatic heterocycles. The molecule has 0 aliphatic rings. The average molecular weight is 229 g/mol. The molecule has 0 radical (unpaired) electrons. The van der Waals surface area contributed by atoms with Crippen LogP contribution in [0.1, 0.15) is 26.7 Å². The van der Waals surface area contributed by atoms with Gasteiger partial charge in [0.1, 0.15) is 0 Å². The minimum Gasteiger partial charge on any atom is -0.359 e. The van der Waals surface area contributed by atoms with Gasteiger partial charge in [0, 0.05) is 39.5 Å². The first kappa shape index (κ1) is 14.9. The highest BCUT2D eigenvalue weighted by atomic mass is 16.2. The number of rotatable bonds is 7. The third-order valence-corrected chi connectivity index (χ3v) is 2.41. The fourth-order valence-corrected chi connectivity index (χ4v) is 1.36. The number of hydrogen-bond donors (Lipinski definition) is 2. The summed E-state index contributed by atoms with van der Waals surface area (Å²) in [5.74, 6) is 0.0248. The van der Waals surface area contributed by atoms with E-state index in [1.165, 1.54) is 0 Å². The maximum atomic E-state index is 11.7. The fourth-order valence-electron chi connectivity index (χ4n) is 1.36. The molecule has 0 aromatic carbocycles. The van der Waals surface area contributed by atoms with Gasteiger partial charge in [0.15, 0.2) is 0 Å². The summed E-state index contributed by atoms with van der Waals surface area (Å²) in [6.45, 7) is 5.32. The summed E-state index contributed by atoms with van der Waals surface area (Å²) < 4.78 is 0. The molecule has 0 fully saturated rings. The lowest BCUT2D eigenvalue weighted by atomic mass is 10.2. The van der Waals surface area contributed by atoms with Gasteiger partial charge >= 0.3 is 0 Å². The van der Waals surface area contributed by atoms with Crippen molar-refractivity contribution in [3.05, 3.63) is 0 Å².